The molecule has 1 aromatic carbocycles. The van der Waals surface area contributed by atoms with E-state index in [9.17, 15) is 13.2 Å². The lowest BCUT2D eigenvalue weighted by molar-refractivity contribution is -0.118. The fraction of sp³-hybridized carbons (Fsp3) is 0.417. The van der Waals surface area contributed by atoms with Gasteiger partial charge in [-0.3, -0.25) is 4.79 Å². The molecule has 0 atom stereocenters. The van der Waals surface area contributed by atoms with Gasteiger partial charge in [-0.15, -0.1) is 0 Å². The Kier molecular flexibility index (Phi) is 5.97. The van der Waals surface area contributed by atoms with Crippen LogP contribution in [-0.4, -0.2) is 31.7 Å². The third-order valence-corrected chi connectivity index (χ3v) is 5.10. The Hall–Kier alpha value is -1.12. The molecule has 8 heteroatoms. The molecule has 0 unspecified atom stereocenters. The fourth-order valence-corrected chi connectivity index (χ4v) is 3.61. The van der Waals surface area contributed by atoms with Crippen molar-refractivity contribution in [2.75, 3.05) is 18.8 Å². The van der Waals surface area contributed by atoms with Crippen LogP contribution in [0.25, 0.3) is 0 Å². The van der Waals surface area contributed by atoms with E-state index in [0.717, 1.165) is 10.7 Å². The number of nitrogen functional groups attached to an aromatic ring is 1. The van der Waals surface area contributed by atoms with E-state index < -0.39 is 15.9 Å². The Balaban J connectivity index is 3.17. The molecular weight excluding hydrogens is 346 g/mol. The summed E-state index contributed by atoms with van der Waals surface area (Å²) in [6.45, 7) is 1.82. The Morgan fingerprint density at radius 1 is 1.40 bits per heavy atom. The van der Waals surface area contributed by atoms with Gasteiger partial charge in [0.1, 0.15) is 4.90 Å². The zero-order valence-electron chi connectivity index (χ0n) is 11.2. The lowest BCUT2D eigenvalue weighted by Gasteiger charge is -2.21. The van der Waals surface area contributed by atoms with Gasteiger partial charge in [0, 0.05) is 11.0 Å². The summed E-state index contributed by atoms with van der Waals surface area (Å²) in [5.41, 5.74) is 11.0. The zero-order chi connectivity index (χ0) is 15.3. The molecule has 1 amide bonds. The van der Waals surface area contributed by atoms with Crippen molar-refractivity contribution in [3.8, 4) is 0 Å². The van der Waals surface area contributed by atoms with Crippen molar-refractivity contribution in [1.29, 1.82) is 0 Å². The molecule has 0 aliphatic heterocycles. The fourth-order valence-electron chi connectivity index (χ4n) is 1.69. The second-order valence-electron chi connectivity index (χ2n) is 4.34. The van der Waals surface area contributed by atoms with Crippen LogP contribution in [0.15, 0.2) is 27.6 Å². The lowest BCUT2D eigenvalue weighted by Crippen LogP contribution is -2.39. The molecule has 1 rings (SSSR count). The molecule has 0 heterocycles. The van der Waals surface area contributed by atoms with E-state index in [2.05, 4.69) is 15.9 Å². The number of rotatable bonds is 7. The molecule has 1 aromatic rings. The number of benzene rings is 1. The first-order valence-corrected chi connectivity index (χ1v) is 8.35. The van der Waals surface area contributed by atoms with Crippen molar-refractivity contribution in [2.24, 2.45) is 5.73 Å². The van der Waals surface area contributed by atoms with E-state index in [1.54, 1.807) is 6.07 Å². The zero-order valence-corrected chi connectivity index (χ0v) is 13.6. The molecule has 0 radical (unpaired) electrons. The van der Waals surface area contributed by atoms with E-state index in [4.69, 9.17) is 11.5 Å². The summed E-state index contributed by atoms with van der Waals surface area (Å²) in [6.07, 6.45) is 1.45. The second kappa shape index (κ2) is 7.05. The van der Waals surface area contributed by atoms with Crippen LogP contribution in [0.5, 0.6) is 0 Å². The number of nitrogens with two attached hydrogens (primary N) is 2. The topological polar surface area (TPSA) is 106 Å². The first-order chi connectivity index (χ1) is 9.28. The summed E-state index contributed by atoms with van der Waals surface area (Å²) in [7, 11) is -3.83. The minimum Gasteiger partial charge on any atom is -0.398 e. The average Bonchev–Trinajstić information content (AvgIpc) is 2.33. The second-order valence-corrected chi connectivity index (χ2v) is 7.16. The van der Waals surface area contributed by atoms with Crippen LogP contribution in [0, 0.1) is 0 Å². The van der Waals surface area contributed by atoms with Gasteiger partial charge in [0.25, 0.3) is 0 Å². The van der Waals surface area contributed by atoms with Crippen molar-refractivity contribution in [1.82, 2.24) is 4.31 Å². The highest BCUT2D eigenvalue weighted by molar-refractivity contribution is 9.10. The van der Waals surface area contributed by atoms with E-state index in [1.807, 2.05) is 6.92 Å². The van der Waals surface area contributed by atoms with Crippen molar-refractivity contribution in [3.63, 3.8) is 0 Å². The maximum Gasteiger partial charge on any atom is 0.245 e. The third-order valence-electron chi connectivity index (χ3n) is 2.68. The number of unbranched alkanes of at least 4 members (excludes halogenated alkanes) is 1. The number of halogens is 1. The molecule has 20 heavy (non-hydrogen) atoms. The highest BCUT2D eigenvalue weighted by atomic mass is 79.9. The molecule has 112 valence electrons. The molecule has 0 fully saturated rings. The predicted octanol–water partition coefficient (Wildman–Crippen LogP) is 1.31. The summed E-state index contributed by atoms with van der Waals surface area (Å²) in [6, 6.07) is 4.51. The summed E-state index contributed by atoms with van der Waals surface area (Å²) in [5, 5.41) is 0. The maximum absolute atomic E-state index is 12.5. The predicted molar refractivity (Wildman–Crippen MR) is 81.4 cm³/mol. The monoisotopic (exact) mass is 363 g/mol. The number of hydrogen-bond donors (Lipinski definition) is 2. The molecule has 0 aliphatic rings. The van der Waals surface area contributed by atoms with Gasteiger partial charge in [0.15, 0.2) is 0 Å². The van der Waals surface area contributed by atoms with Crippen LogP contribution < -0.4 is 11.5 Å². The molecule has 0 aliphatic carbocycles. The number of amides is 1. The van der Waals surface area contributed by atoms with Crippen molar-refractivity contribution < 1.29 is 13.2 Å². The quantitative estimate of drug-likeness (QED) is 0.712. The number of sulfonamides is 1. The lowest BCUT2D eigenvalue weighted by atomic mass is 10.3. The van der Waals surface area contributed by atoms with Crippen molar-refractivity contribution in [2.45, 2.75) is 24.7 Å². The Morgan fingerprint density at radius 2 is 2.05 bits per heavy atom. The Morgan fingerprint density at radius 3 is 2.55 bits per heavy atom. The van der Waals surface area contributed by atoms with Gasteiger partial charge in [-0.05, 0) is 24.6 Å². The molecule has 0 bridgehead atoms. The molecule has 0 spiro atoms. The normalized spacial score (nSPS) is 11.8. The standard InChI is InChI=1S/C12H18BrN3O3S/c1-2-3-6-16(8-12(15)17)20(18,19)11-5-4-9(13)7-10(11)14/h4-5,7H,2-3,6,8,14H2,1H3,(H2,15,17). The number of carbonyl (C=O) groups is 1. The van der Waals surface area contributed by atoms with Crippen molar-refractivity contribution in [3.05, 3.63) is 22.7 Å². The minimum absolute atomic E-state index is 0.0157. The number of carbonyl (C=O) groups excluding carboxylic acids is 1. The van der Waals surface area contributed by atoms with Gasteiger partial charge in [0.2, 0.25) is 15.9 Å². The van der Waals surface area contributed by atoms with Gasteiger partial charge in [-0.25, -0.2) is 8.42 Å². The number of anilines is 1. The van der Waals surface area contributed by atoms with Crippen LogP contribution in [0.3, 0.4) is 0 Å². The molecule has 0 aromatic heterocycles. The summed E-state index contributed by atoms with van der Waals surface area (Å²) < 4.78 is 26.8. The summed E-state index contributed by atoms with van der Waals surface area (Å²) in [4.78, 5) is 11.1. The van der Waals surface area contributed by atoms with Gasteiger partial charge >= 0.3 is 0 Å². The van der Waals surface area contributed by atoms with E-state index >= 15 is 0 Å². The first kappa shape index (κ1) is 16.9. The highest BCUT2D eigenvalue weighted by Gasteiger charge is 2.27. The van der Waals surface area contributed by atoms with Gasteiger partial charge < -0.3 is 11.5 Å². The van der Waals surface area contributed by atoms with Gasteiger partial charge in [-0.2, -0.15) is 4.31 Å². The highest BCUT2D eigenvalue weighted by Crippen LogP contribution is 2.25. The SMILES string of the molecule is CCCCN(CC(N)=O)S(=O)(=O)c1ccc(Br)cc1N. The maximum atomic E-state index is 12.5. The summed E-state index contributed by atoms with van der Waals surface area (Å²) >= 11 is 3.22. The molecule has 4 N–H and O–H groups in total. The minimum atomic E-state index is -3.83. The smallest absolute Gasteiger partial charge is 0.245 e. The third kappa shape index (κ3) is 4.19. The average molecular weight is 364 g/mol. The molecule has 0 saturated carbocycles. The number of hydrogen-bond acceptors (Lipinski definition) is 4. The largest absolute Gasteiger partial charge is 0.398 e. The Bertz CT molecular complexity index is 590. The van der Waals surface area contributed by atoms with Crippen LogP contribution in [-0.2, 0) is 14.8 Å². The number of primary amides is 1. The summed E-state index contributed by atoms with van der Waals surface area (Å²) in [5.74, 6) is -0.694. The number of nitrogens with zero attached hydrogens (tertiary/aromatic N) is 1. The van der Waals surface area contributed by atoms with E-state index in [1.165, 1.54) is 12.1 Å². The van der Waals surface area contributed by atoms with E-state index in [0.29, 0.717) is 10.9 Å². The Labute approximate surface area is 127 Å². The molecular formula is C12H18BrN3O3S. The van der Waals surface area contributed by atoms with Crippen LogP contribution in [0.1, 0.15) is 19.8 Å². The molecule has 6 nitrogen and oxygen atoms in total. The van der Waals surface area contributed by atoms with Crippen LogP contribution in [0.4, 0.5) is 5.69 Å². The molecule has 0 saturated heterocycles. The van der Waals surface area contributed by atoms with Crippen LogP contribution >= 0.6 is 15.9 Å². The van der Waals surface area contributed by atoms with E-state index in [-0.39, 0.29) is 23.7 Å². The van der Waals surface area contributed by atoms with Gasteiger partial charge in [-0.1, -0.05) is 29.3 Å². The van der Waals surface area contributed by atoms with Gasteiger partial charge in [0.05, 0.1) is 12.2 Å². The van der Waals surface area contributed by atoms with Crippen molar-refractivity contribution >= 4 is 37.5 Å². The first-order valence-electron chi connectivity index (χ1n) is 6.12. The van der Waals surface area contributed by atoms with Crippen LogP contribution in [0.2, 0.25) is 0 Å².